The van der Waals surface area contributed by atoms with Gasteiger partial charge in [-0.25, -0.2) is 0 Å². The maximum absolute atomic E-state index is 11.3. The van der Waals surface area contributed by atoms with Gasteiger partial charge in [0, 0.05) is 0 Å². The van der Waals surface area contributed by atoms with Crippen LogP contribution >= 0.6 is 0 Å². The van der Waals surface area contributed by atoms with Crippen LogP contribution in [0.15, 0.2) is 0 Å². The second-order valence-corrected chi connectivity index (χ2v) is 4.69. The molecule has 0 bridgehead atoms. The molecule has 0 aromatic heterocycles. The van der Waals surface area contributed by atoms with Gasteiger partial charge >= 0.3 is 5.97 Å². The van der Waals surface area contributed by atoms with Gasteiger partial charge in [0.1, 0.15) is 6.04 Å². The maximum atomic E-state index is 11.3. The first-order valence-electron chi connectivity index (χ1n) is 6.81. The second kappa shape index (κ2) is 8.48. The topological polar surface area (TPSA) is 41.6 Å². The summed E-state index contributed by atoms with van der Waals surface area (Å²) in [7, 11) is 1.44. The van der Waals surface area contributed by atoms with Crippen LogP contribution in [0.2, 0.25) is 0 Å². The number of piperidine rings is 1. The minimum absolute atomic E-state index is 0.138. The SMILES string of the molecule is CCC(NCCCN1CCCCC1)C(=O)OC. The summed E-state index contributed by atoms with van der Waals surface area (Å²) in [6.07, 6.45) is 5.96. The van der Waals surface area contributed by atoms with Crippen molar-refractivity contribution in [1.82, 2.24) is 10.2 Å². The standard InChI is InChI=1S/C13H26N2O2/c1-3-12(13(16)17-2)14-8-7-11-15-9-5-4-6-10-15/h12,14H,3-11H2,1-2H3. The molecule has 1 N–H and O–H groups in total. The highest BCUT2D eigenvalue weighted by atomic mass is 16.5. The van der Waals surface area contributed by atoms with Gasteiger partial charge in [0.25, 0.3) is 0 Å². The number of nitrogens with zero attached hydrogens (tertiary/aromatic N) is 1. The van der Waals surface area contributed by atoms with E-state index in [2.05, 4.69) is 10.2 Å². The first-order valence-corrected chi connectivity index (χ1v) is 6.81. The Kier molecular flexibility index (Phi) is 7.21. The first-order chi connectivity index (χ1) is 8.27. The molecule has 0 aliphatic carbocycles. The number of hydrogen-bond donors (Lipinski definition) is 1. The largest absolute Gasteiger partial charge is 0.468 e. The molecule has 4 nitrogen and oxygen atoms in total. The Morgan fingerprint density at radius 3 is 2.65 bits per heavy atom. The third-order valence-corrected chi connectivity index (χ3v) is 3.38. The van der Waals surface area contributed by atoms with Gasteiger partial charge in [0.15, 0.2) is 0 Å². The van der Waals surface area contributed by atoms with Crippen LogP contribution in [-0.4, -0.2) is 50.2 Å². The van der Waals surface area contributed by atoms with Gasteiger partial charge in [-0.1, -0.05) is 13.3 Å². The second-order valence-electron chi connectivity index (χ2n) is 4.69. The van der Waals surface area contributed by atoms with E-state index in [-0.39, 0.29) is 12.0 Å². The van der Waals surface area contributed by atoms with Crippen molar-refractivity contribution in [3.05, 3.63) is 0 Å². The molecule has 1 atom stereocenters. The summed E-state index contributed by atoms with van der Waals surface area (Å²) >= 11 is 0. The van der Waals surface area contributed by atoms with Gasteiger partial charge < -0.3 is 15.0 Å². The smallest absolute Gasteiger partial charge is 0.322 e. The molecule has 0 spiro atoms. The molecule has 1 saturated heterocycles. The average molecular weight is 242 g/mol. The Morgan fingerprint density at radius 1 is 1.35 bits per heavy atom. The number of carbonyl (C=O) groups is 1. The van der Waals surface area contributed by atoms with E-state index in [4.69, 9.17) is 4.74 Å². The Balaban J connectivity index is 2.07. The lowest BCUT2D eigenvalue weighted by molar-refractivity contribution is -0.143. The molecular weight excluding hydrogens is 216 g/mol. The minimum Gasteiger partial charge on any atom is -0.468 e. The highest BCUT2D eigenvalue weighted by molar-refractivity contribution is 5.75. The van der Waals surface area contributed by atoms with E-state index < -0.39 is 0 Å². The fraction of sp³-hybridized carbons (Fsp3) is 0.923. The quantitative estimate of drug-likeness (QED) is 0.541. The van der Waals surface area contributed by atoms with Crippen LogP contribution < -0.4 is 5.32 Å². The molecule has 17 heavy (non-hydrogen) atoms. The normalized spacial score (nSPS) is 18.9. The number of ether oxygens (including phenoxy) is 1. The average Bonchev–Trinajstić information content (AvgIpc) is 2.39. The molecule has 1 rings (SSSR count). The molecule has 4 heteroatoms. The molecule has 1 aliphatic rings. The van der Waals surface area contributed by atoms with Crippen LogP contribution in [0.25, 0.3) is 0 Å². The molecule has 1 fully saturated rings. The van der Waals surface area contributed by atoms with E-state index in [1.807, 2.05) is 6.92 Å². The Hall–Kier alpha value is -0.610. The predicted octanol–water partition coefficient (Wildman–Crippen LogP) is 1.40. The number of carbonyl (C=O) groups excluding carboxylic acids is 1. The summed E-state index contributed by atoms with van der Waals surface area (Å²) in [5.74, 6) is -0.148. The molecule has 100 valence electrons. The third-order valence-electron chi connectivity index (χ3n) is 3.38. The molecule has 0 amide bonds. The minimum atomic E-state index is -0.148. The molecular formula is C13H26N2O2. The number of nitrogens with one attached hydrogen (secondary N) is 1. The highest BCUT2D eigenvalue weighted by Crippen LogP contribution is 2.08. The van der Waals surface area contributed by atoms with Crippen molar-refractivity contribution < 1.29 is 9.53 Å². The van der Waals surface area contributed by atoms with E-state index in [0.717, 1.165) is 25.9 Å². The maximum Gasteiger partial charge on any atom is 0.322 e. The summed E-state index contributed by atoms with van der Waals surface area (Å²) in [4.78, 5) is 13.9. The van der Waals surface area contributed by atoms with Crippen molar-refractivity contribution in [2.24, 2.45) is 0 Å². The van der Waals surface area contributed by atoms with Crippen LogP contribution in [0, 0.1) is 0 Å². The van der Waals surface area contributed by atoms with Crippen LogP contribution in [-0.2, 0) is 9.53 Å². The Labute approximate surface area is 105 Å². The van der Waals surface area contributed by atoms with Crippen molar-refractivity contribution in [3.63, 3.8) is 0 Å². The Bertz CT molecular complexity index is 215. The molecule has 1 aliphatic heterocycles. The molecule has 1 heterocycles. The van der Waals surface area contributed by atoms with E-state index >= 15 is 0 Å². The zero-order chi connectivity index (χ0) is 12.5. The predicted molar refractivity (Wildman–Crippen MR) is 69.0 cm³/mol. The first kappa shape index (κ1) is 14.5. The third kappa shape index (κ3) is 5.50. The molecule has 1 unspecified atom stereocenters. The monoisotopic (exact) mass is 242 g/mol. The van der Waals surface area contributed by atoms with Gasteiger partial charge in [0.2, 0.25) is 0 Å². The number of rotatable bonds is 7. The van der Waals surface area contributed by atoms with Crippen molar-refractivity contribution in [2.45, 2.75) is 45.1 Å². The number of esters is 1. The zero-order valence-corrected chi connectivity index (χ0v) is 11.2. The molecule has 0 aromatic carbocycles. The van der Waals surface area contributed by atoms with Gasteiger partial charge in [-0.2, -0.15) is 0 Å². The number of likely N-dealkylation sites (tertiary alicyclic amines) is 1. The lowest BCUT2D eigenvalue weighted by atomic mass is 10.1. The zero-order valence-electron chi connectivity index (χ0n) is 11.2. The lowest BCUT2D eigenvalue weighted by Gasteiger charge is -2.26. The van der Waals surface area contributed by atoms with Crippen LogP contribution in [0.1, 0.15) is 39.0 Å². The van der Waals surface area contributed by atoms with Crippen molar-refractivity contribution in [1.29, 1.82) is 0 Å². The molecule has 0 saturated carbocycles. The molecule has 0 aromatic rings. The van der Waals surface area contributed by atoms with Crippen LogP contribution in [0.4, 0.5) is 0 Å². The van der Waals surface area contributed by atoms with Crippen molar-refractivity contribution in [3.8, 4) is 0 Å². The summed E-state index contributed by atoms with van der Waals surface area (Å²) in [6, 6.07) is -0.138. The van der Waals surface area contributed by atoms with E-state index in [0.29, 0.717) is 0 Å². The van der Waals surface area contributed by atoms with Gasteiger partial charge in [-0.15, -0.1) is 0 Å². The van der Waals surface area contributed by atoms with Crippen LogP contribution in [0.3, 0.4) is 0 Å². The summed E-state index contributed by atoms with van der Waals surface area (Å²) in [5, 5.41) is 3.26. The van der Waals surface area contributed by atoms with Crippen molar-refractivity contribution in [2.75, 3.05) is 33.3 Å². The van der Waals surface area contributed by atoms with Gasteiger partial charge in [-0.05, 0) is 51.9 Å². The number of methoxy groups -OCH3 is 1. The summed E-state index contributed by atoms with van der Waals surface area (Å²) in [6.45, 7) is 6.52. The van der Waals surface area contributed by atoms with E-state index in [1.165, 1.54) is 39.5 Å². The van der Waals surface area contributed by atoms with Gasteiger partial charge in [0.05, 0.1) is 7.11 Å². The number of hydrogen-bond acceptors (Lipinski definition) is 4. The van der Waals surface area contributed by atoms with E-state index in [1.54, 1.807) is 0 Å². The van der Waals surface area contributed by atoms with Crippen LogP contribution in [0.5, 0.6) is 0 Å². The fourth-order valence-corrected chi connectivity index (χ4v) is 2.30. The fourth-order valence-electron chi connectivity index (χ4n) is 2.30. The molecule has 0 radical (unpaired) electrons. The summed E-state index contributed by atoms with van der Waals surface area (Å²) in [5.41, 5.74) is 0. The van der Waals surface area contributed by atoms with E-state index in [9.17, 15) is 4.79 Å². The van der Waals surface area contributed by atoms with Crippen molar-refractivity contribution >= 4 is 5.97 Å². The summed E-state index contributed by atoms with van der Waals surface area (Å²) < 4.78 is 4.74. The lowest BCUT2D eigenvalue weighted by Crippen LogP contribution is -2.39. The van der Waals surface area contributed by atoms with Gasteiger partial charge in [-0.3, -0.25) is 4.79 Å². The highest BCUT2D eigenvalue weighted by Gasteiger charge is 2.15. The Morgan fingerprint density at radius 2 is 2.06 bits per heavy atom.